The Bertz CT molecular complexity index is 553. The molecule has 1 unspecified atom stereocenters. The fourth-order valence-electron chi connectivity index (χ4n) is 3.86. The van der Waals surface area contributed by atoms with Crippen molar-refractivity contribution in [1.29, 1.82) is 0 Å². The molecule has 0 radical (unpaired) electrons. The second-order valence-corrected chi connectivity index (χ2v) is 6.42. The van der Waals surface area contributed by atoms with Crippen LogP contribution in [-0.2, 0) is 4.79 Å². The van der Waals surface area contributed by atoms with Crippen molar-refractivity contribution in [2.24, 2.45) is 0 Å². The van der Waals surface area contributed by atoms with Crippen molar-refractivity contribution in [1.82, 2.24) is 20.4 Å². The maximum absolute atomic E-state index is 12.1. The molecule has 108 valence electrons. The summed E-state index contributed by atoms with van der Waals surface area (Å²) in [5.74, 6) is -0.192. The fraction of sp³-hybridized carbons (Fsp3) is 0.667. The van der Waals surface area contributed by atoms with Crippen LogP contribution in [0.2, 0.25) is 0 Å². The minimum Gasteiger partial charge on any atom is -0.368 e. The van der Waals surface area contributed by atoms with E-state index < -0.39 is 11.8 Å². The molecule has 0 aromatic heterocycles. The Morgan fingerprint density at radius 1 is 1.45 bits per heavy atom. The van der Waals surface area contributed by atoms with Crippen molar-refractivity contribution in [3.63, 3.8) is 0 Å². The van der Waals surface area contributed by atoms with Crippen molar-refractivity contribution in [2.45, 2.75) is 35.6 Å². The number of urea groups is 1. The minimum absolute atomic E-state index is 0.0549. The lowest BCUT2D eigenvalue weighted by molar-refractivity contribution is -0.122. The Morgan fingerprint density at radius 3 is 2.95 bits per heavy atom. The van der Waals surface area contributed by atoms with E-state index in [0.717, 1.165) is 0 Å². The topological polar surface area (TPSA) is 84.9 Å². The molecule has 1 saturated carbocycles. The van der Waals surface area contributed by atoms with E-state index in [9.17, 15) is 14.7 Å². The first-order valence-corrected chi connectivity index (χ1v) is 7.05. The van der Waals surface area contributed by atoms with E-state index in [1.165, 1.54) is 4.90 Å². The maximum atomic E-state index is 12.1. The number of aliphatic hydroxyl groups is 1. The fourth-order valence-corrected chi connectivity index (χ4v) is 4.13. The smallest absolute Gasteiger partial charge is 0.319 e. The van der Waals surface area contributed by atoms with Crippen molar-refractivity contribution in [3.05, 3.63) is 11.8 Å². The van der Waals surface area contributed by atoms with E-state index in [4.69, 9.17) is 11.6 Å². The Morgan fingerprint density at radius 2 is 2.20 bits per heavy atom. The van der Waals surface area contributed by atoms with Gasteiger partial charge in [-0.05, 0) is 6.08 Å². The third-order valence-electron chi connectivity index (χ3n) is 4.90. The Labute approximate surface area is 120 Å². The van der Waals surface area contributed by atoms with Gasteiger partial charge in [0.25, 0.3) is 5.91 Å². The molecule has 3 amide bonds. The number of carbonyl (C=O) groups is 2. The van der Waals surface area contributed by atoms with Crippen molar-refractivity contribution in [2.75, 3.05) is 13.6 Å². The first-order valence-electron chi connectivity index (χ1n) is 6.62. The highest BCUT2D eigenvalue weighted by Crippen LogP contribution is 2.43. The quantitative estimate of drug-likeness (QED) is 0.489. The number of likely N-dealkylation sites (N-methyl/N-ethyl adjacent to an activating group) is 1. The zero-order chi connectivity index (χ0) is 14.2. The standard InChI is InChI=1S/C12H15ClN4O3/c1-16-11(19)15-9-8-7(3-12(9,16)20)17-4-5(13)2-6(17)10(18)14-8/h2,5,7-9,20H,3-4H2,1H3,(H,14,18)(H,15,19)/t5?,7-,8-,9+,12+/m1/s1. The average Bonchev–Trinajstić information content (AvgIpc) is 2.96. The van der Waals surface area contributed by atoms with Gasteiger partial charge in [0.1, 0.15) is 11.7 Å². The number of rotatable bonds is 0. The van der Waals surface area contributed by atoms with Gasteiger partial charge in [-0.25, -0.2) is 4.79 Å². The van der Waals surface area contributed by atoms with Crippen LogP contribution in [0, 0.1) is 0 Å². The molecule has 0 spiro atoms. The molecule has 3 heterocycles. The van der Waals surface area contributed by atoms with Gasteiger partial charge in [-0.2, -0.15) is 0 Å². The minimum atomic E-state index is -1.26. The summed E-state index contributed by atoms with van der Waals surface area (Å²) >= 11 is 6.11. The number of halogens is 1. The number of hydrogen-bond donors (Lipinski definition) is 3. The lowest BCUT2D eigenvalue weighted by atomic mass is 10.0. The van der Waals surface area contributed by atoms with Crippen LogP contribution in [0.3, 0.4) is 0 Å². The summed E-state index contributed by atoms with van der Waals surface area (Å²) in [6.07, 6.45) is 2.13. The third kappa shape index (κ3) is 1.29. The van der Waals surface area contributed by atoms with E-state index in [2.05, 4.69) is 10.6 Å². The summed E-state index contributed by atoms with van der Waals surface area (Å²) in [5.41, 5.74) is -0.691. The molecule has 2 saturated heterocycles. The third-order valence-corrected chi connectivity index (χ3v) is 5.16. The van der Waals surface area contributed by atoms with Gasteiger partial charge in [0.2, 0.25) is 0 Å². The van der Waals surface area contributed by atoms with Gasteiger partial charge in [-0.1, -0.05) is 0 Å². The molecule has 5 atom stereocenters. The predicted molar refractivity (Wildman–Crippen MR) is 69.8 cm³/mol. The van der Waals surface area contributed by atoms with Gasteiger partial charge in [0.05, 0.1) is 17.5 Å². The number of fused-ring (bicyclic) bond motifs is 5. The molecule has 4 aliphatic rings. The van der Waals surface area contributed by atoms with Gasteiger partial charge in [-0.15, -0.1) is 11.6 Å². The number of nitrogens with one attached hydrogen (secondary N) is 2. The summed E-state index contributed by atoms with van der Waals surface area (Å²) in [6.45, 7) is 0.561. The molecule has 3 aliphatic heterocycles. The molecule has 0 aromatic rings. The second kappa shape index (κ2) is 3.59. The van der Waals surface area contributed by atoms with Gasteiger partial charge in [0.15, 0.2) is 5.72 Å². The summed E-state index contributed by atoms with van der Waals surface area (Å²) < 4.78 is 0. The number of nitrogens with zero attached hydrogens (tertiary/aromatic N) is 2. The molecule has 20 heavy (non-hydrogen) atoms. The second-order valence-electron chi connectivity index (χ2n) is 5.86. The van der Waals surface area contributed by atoms with Crippen LogP contribution < -0.4 is 10.6 Å². The Balaban J connectivity index is 1.72. The molecule has 8 heteroatoms. The maximum Gasteiger partial charge on any atom is 0.319 e. The lowest BCUT2D eigenvalue weighted by Gasteiger charge is -2.39. The summed E-state index contributed by atoms with van der Waals surface area (Å²) in [5, 5.41) is 16.2. The molecule has 0 bridgehead atoms. The van der Waals surface area contributed by atoms with Crippen LogP contribution >= 0.6 is 11.6 Å². The molecular formula is C12H15ClN4O3. The highest BCUT2D eigenvalue weighted by Gasteiger charge is 2.64. The number of piperazine rings is 1. The van der Waals surface area contributed by atoms with Crippen molar-refractivity contribution < 1.29 is 14.7 Å². The van der Waals surface area contributed by atoms with E-state index in [-0.39, 0.29) is 29.4 Å². The molecule has 4 rings (SSSR count). The van der Waals surface area contributed by atoms with E-state index >= 15 is 0 Å². The van der Waals surface area contributed by atoms with Crippen LogP contribution in [0.1, 0.15) is 6.42 Å². The molecule has 1 aliphatic carbocycles. The van der Waals surface area contributed by atoms with Crippen molar-refractivity contribution in [3.8, 4) is 0 Å². The van der Waals surface area contributed by atoms with E-state index in [1.807, 2.05) is 4.90 Å². The summed E-state index contributed by atoms with van der Waals surface area (Å²) in [4.78, 5) is 27.1. The number of hydrogen-bond acceptors (Lipinski definition) is 4. The first kappa shape index (κ1) is 12.3. The van der Waals surface area contributed by atoms with Crippen LogP contribution in [0.4, 0.5) is 4.79 Å². The van der Waals surface area contributed by atoms with E-state index in [1.54, 1.807) is 13.1 Å². The Hall–Kier alpha value is -1.47. The van der Waals surface area contributed by atoms with Gasteiger partial charge in [0, 0.05) is 20.0 Å². The first-order chi connectivity index (χ1) is 9.41. The van der Waals surface area contributed by atoms with Crippen LogP contribution in [0.15, 0.2) is 11.8 Å². The van der Waals surface area contributed by atoms with Crippen LogP contribution in [0.25, 0.3) is 0 Å². The number of amides is 3. The van der Waals surface area contributed by atoms with Crippen LogP contribution in [-0.4, -0.2) is 69.7 Å². The van der Waals surface area contributed by atoms with E-state index in [0.29, 0.717) is 18.7 Å². The molecule has 7 nitrogen and oxygen atoms in total. The molecule has 0 aromatic carbocycles. The zero-order valence-electron chi connectivity index (χ0n) is 10.8. The predicted octanol–water partition coefficient (Wildman–Crippen LogP) is -1.22. The average molecular weight is 299 g/mol. The molecule has 3 fully saturated rings. The van der Waals surface area contributed by atoms with Gasteiger partial charge >= 0.3 is 6.03 Å². The van der Waals surface area contributed by atoms with Gasteiger partial charge in [-0.3, -0.25) is 9.69 Å². The molecular weight excluding hydrogens is 284 g/mol. The zero-order valence-corrected chi connectivity index (χ0v) is 11.6. The lowest BCUT2D eigenvalue weighted by Crippen LogP contribution is -2.61. The van der Waals surface area contributed by atoms with Crippen molar-refractivity contribution >= 4 is 23.5 Å². The SMILES string of the molecule is CN1C(=O)N[C@H]2[C@@H]3NC(=O)C4=CC(Cl)CN4[C@@H]3C[C@]21O. The number of alkyl halides is 1. The van der Waals surface area contributed by atoms with Gasteiger partial charge < -0.3 is 20.6 Å². The highest BCUT2D eigenvalue weighted by molar-refractivity contribution is 6.22. The van der Waals surface area contributed by atoms with Crippen LogP contribution in [0.5, 0.6) is 0 Å². The largest absolute Gasteiger partial charge is 0.368 e. The summed E-state index contributed by atoms with van der Waals surface area (Å²) in [6, 6.07) is -1.17. The normalized spacial score (nSPS) is 45.6. The Kier molecular flexibility index (Phi) is 2.20. The highest BCUT2D eigenvalue weighted by atomic mass is 35.5. The number of carbonyl (C=O) groups excluding carboxylic acids is 2. The molecule has 3 N–H and O–H groups in total. The summed E-state index contributed by atoms with van der Waals surface area (Å²) in [7, 11) is 1.57. The monoisotopic (exact) mass is 298 g/mol.